The normalized spacial score (nSPS) is 12.2. The van der Waals surface area contributed by atoms with Crippen LogP contribution in [0, 0.1) is 11.3 Å². The number of halogens is 2. The van der Waals surface area contributed by atoms with Gasteiger partial charge in [-0.25, -0.2) is 0 Å². The fourth-order valence-electron chi connectivity index (χ4n) is 0.793. The zero-order valence-corrected chi connectivity index (χ0v) is 8.30. The maximum Gasteiger partial charge on any atom is 0.166 e. The molecule has 1 aromatic rings. The van der Waals surface area contributed by atoms with Gasteiger partial charge in [-0.2, -0.15) is 5.26 Å². The van der Waals surface area contributed by atoms with Crippen molar-refractivity contribution in [1.82, 2.24) is 0 Å². The Hall–Kier alpha value is -0.560. The highest BCUT2D eigenvalue weighted by Gasteiger charge is 2.09. The van der Waals surface area contributed by atoms with Crippen LogP contribution in [-0.2, 0) is 0 Å². The highest BCUT2D eigenvalue weighted by molar-refractivity contribution is 9.10. The van der Waals surface area contributed by atoms with Gasteiger partial charge in [-0.1, -0.05) is 33.6 Å². The van der Waals surface area contributed by atoms with Crippen LogP contribution in [0.1, 0.15) is 11.7 Å². The molecule has 62 valence electrons. The van der Waals surface area contributed by atoms with Gasteiger partial charge < -0.3 is 5.11 Å². The number of benzene rings is 1. The van der Waals surface area contributed by atoms with E-state index in [4.69, 9.17) is 22.0 Å². The number of hydrogen-bond acceptors (Lipinski definition) is 2. The first-order chi connectivity index (χ1) is 5.65. The van der Waals surface area contributed by atoms with Crippen molar-refractivity contribution in [1.29, 1.82) is 5.26 Å². The number of nitriles is 1. The van der Waals surface area contributed by atoms with Gasteiger partial charge in [-0.3, -0.25) is 0 Å². The largest absolute Gasteiger partial charge is 0.374 e. The molecule has 0 spiro atoms. The third-order valence-electron chi connectivity index (χ3n) is 1.38. The highest BCUT2D eigenvalue weighted by atomic mass is 79.9. The summed E-state index contributed by atoms with van der Waals surface area (Å²) in [5, 5.41) is 18.2. The van der Waals surface area contributed by atoms with E-state index >= 15 is 0 Å². The Balaban J connectivity index is 3.11. The molecule has 0 saturated heterocycles. The summed E-state index contributed by atoms with van der Waals surface area (Å²) in [6.45, 7) is 0. The van der Waals surface area contributed by atoms with Gasteiger partial charge in [0.15, 0.2) is 6.10 Å². The lowest BCUT2D eigenvalue weighted by Gasteiger charge is -2.04. The van der Waals surface area contributed by atoms with E-state index in [9.17, 15) is 0 Å². The lowest BCUT2D eigenvalue weighted by Crippen LogP contribution is -1.93. The van der Waals surface area contributed by atoms with Crippen LogP contribution in [0.15, 0.2) is 22.7 Å². The first kappa shape index (κ1) is 9.53. The van der Waals surface area contributed by atoms with E-state index < -0.39 is 6.10 Å². The van der Waals surface area contributed by atoms with Crippen LogP contribution < -0.4 is 0 Å². The molecule has 1 N–H and O–H groups in total. The number of hydrogen-bond donors (Lipinski definition) is 1. The monoisotopic (exact) mass is 245 g/mol. The summed E-state index contributed by atoms with van der Waals surface area (Å²) in [7, 11) is 0. The molecule has 0 saturated carbocycles. The van der Waals surface area contributed by atoms with Crippen molar-refractivity contribution < 1.29 is 5.11 Å². The predicted octanol–water partition coefficient (Wildman–Crippen LogP) is 2.66. The standard InChI is InChI=1S/C8H5BrClNO/c9-7-3-5(10)1-2-6(7)8(12)4-11/h1-3,8,12H. The molecule has 1 rings (SSSR count). The van der Waals surface area contributed by atoms with E-state index in [1.54, 1.807) is 24.3 Å². The second kappa shape index (κ2) is 3.90. The fourth-order valence-corrected chi connectivity index (χ4v) is 1.69. The molecule has 1 unspecified atom stereocenters. The van der Waals surface area contributed by atoms with Gasteiger partial charge in [0.1, 0.15) is 0 Å². The van der Waals surface area contributed by atoms with Crippen LogP contribution in [0.2, 0.25) is 5.02 Å². The molecule has 0 aromatic heterocycles. The number of aliphatic hydroxyl groups is 1. The minimum absolute atomic E-state index is 0.530. The summed E-state index contributed by atoms with van der Waals surface area (Å²) in [6.07, 6.45) is -1.10. The Kier molecular flexibility index (Phi) is 3.10. The van der Waals surface area contributed by atoms with Gasteiger partial charge >= 0.3 is 0 Å². The summed E-state index contributed by atoms with van der Waals surface area (Å²) < 4.78 is 0.643. The average molecular weight is 246 g/mol. The zero-order valence-electron chi connectivity index (χ0n) is 5.96. The molecule has 0 amide bonds. The topological polar surface area (TPSA) is 44.0 Å². The smallest absolute Gasteiger partial charge is 0.166 e. The molecular formula is C8H5BrClNO. The van der Waals surface area contributed by atoms with Crippen molar-refractivity contribution >= 4 is 27.5 Å². The molecule has 1 atom stereocenters. The third-order valence-corrected chi connectivity index (χ3v) is 2.30. The highest BCUT2D eigenvalue weighted by Crippen LogP contribution is 2.26. The third kappa shape index (κ3) is 1.98. The minimum atomic E-state index is -1.10. The van der Waals surface area contributed by atoms with Crippen molar-refractivity contribution in [3.05, 3.63) is 33.3 Å². The van der Waals surface area contributed by atoms with Crippen LogP contribution in [0.5, 0.6) is 0 Å². The Morgan fingerprint density at radius 1 is 1.58 bits per heavy atom. The minimum Gasteiger partial charge on any atom is -0.374 e. The van der Waals surface area contributed by atoms with Gasteiger partial charge in [0.25, 0.3) is 0 Å². The molecule has 0 aliphatic carbocycles. The first-order valence-electron chi connectivity index (χ1n) is 3.18. The summed E-state index contributed by atoms with van der Waals surface area (Å²) in [5.74, 6) is 0. The van der Waals surface area contributed by atoms with Crippen molar-refractivity contribution in [3.63, 3.8) is 0 Å². The van der Waals surface area contributed by atoms with Gasteiger partial charge in [0, 0.05) is 15.1 Å². The Morgan fingerprint density at radius 3 is 2.75 bits per heavy atom. The first-order valence-corrected chi connectivity index (χ1v) is 4.35. The number of rotatable bonds is 1. The van der Waals surface area contributed by atoms with E-state index in [0.29, 0.717) is 15.1 Å². The van der Waals surface area contributed by atoms with Crippen LogP contribution in [-0.4, -0.2) is 5.11 Å². The van der Waals surface area contributed by atoms with E-state index in [0.717, 1.165) is 0 Å². The zero-order chi connectivity index (χ0) is 9.14. The summed E-state index contributed by atoms with van der Waals surface area (Å²) >= 11 is 8.86. The van der Waals surface area contributed by atoms with E-state index in [-0.39, 0.29) is 0 Å². The average Bonchev–Trinajstić information content (AvgIpc) is 2.03. The van der Waals surface area contributed by atoms with Crippen LogP contribution in [0.4, 0.5) is 0 Å². The molecule has 0 radical (unpaired) electrons. The van der Waals surface area contributed by atoms with Crippen molar-refractivity contribution in [3.8, 4) is 6.07 Å². The van der Waals surface area contributed by atoms with E-state index in [1.165, 1.54) is 0 Å². The number of nitrogens with zero attached hydrogens (tertiary/aromatic N) is 1. The van der Waals surface area contributed by atoms with Crippen LogP contribution in [0.25, 0.3) is 0 Å². The van der Waals surface area contributed by atoms with Crippen molar-refractivity contribution in [2.75, 3.05) is 0 Å². The van der Waals surface area contributed by atoms with Gasteiger partial charge in [-0.05, 0) is 12.1 Å². The second-order valence-corrected chi connectivity index (χ2v) is 3.49. The van der Waals surface area contributed by atoms with Crippen molar-refractivity contribution in [2.45, 2.75) is 6.10 Å². The number of aliphatic hydroxyl groups excluding tert-OH is 1. The predicted molar refractivity (Wildman–Crippen MR) is 49.7 cm³/mol. The second-order valence-electron chi connectivity index (χ2n) is 2.20. The Bertz CT molecular complexity index is 334. The van der Waals surface area contributed by atoms with E-state index in [2.05, 4.69) is 15.9 Å². The molecule has 0 bridgehead atoms. The molecule has 4 heteroatoms. The van der Waals surface area contributed by atoms with E-state index in [1.807, 2.05) is 0 Å². The molecule has 0 aliphatic rings. The maximum atomic E-state index is 9.17. The molecule has 0 aliphatic heterocycles. The maximum absolute atomic E-state index is 9.17. The van der Waals surface area contributed by atoms with Gasteiger partial charge in [0.05, 0.1) is 6.07 Å². The summed E-state index contributed by atoms with van der Waals surface area (Å²) in [6, 6.07) is 6.60. The molecule has 12 heavy (non-hydrogen) atoms. The fraction of sp³-hybridized carbons (Fsp3) is 0.125. The Labute approximate surface area is 83.5 Å². The lowest BCUT2D eigenvalue weighted by molar-refractivity contribution is 0.235. The van der Waals surface area contributed by atoms with Crippen molar-refractivity contribution in [2.24, 2.45) is 0 Å². The molecule has 0 heterocycles. The van der Waals surface area contributed by atoms with Gasteiger partial charge in [0.2, 0.25) is 0 Å². The van der Waals surface area contributed by atoms with Gasteiger partial charge in [-0.15, -0.1) is 0 Å². The molecule has 2 nitrogen and oxygen atoms in total. The molecule has 0 fully saturated rings. The molecular weight excluding hydrogens is 241 g/mol. The quantitative estimate of drug-likeness (QED) is 0.774. The summed E-state index contributed by atoms with van der Waals surface area (Å²) in [5.41, 5.74) is 0.530. The summed E-state index contributed by atoms with van der Waals surface area (Å²) in [4.78, 5) is 0. The lowest BCUT2D eigenvalue weighted by atomic mass is 10.1. The SMILES string of the molecule is N#CC(O)c1ccc(Cl)cc1Br. The molecule has 1 aromatic carbocycles. The van der Waals surface area contributed by atoms with Crippen LogP contribution >= 0.6 is 27.5 Å². The Morgan fingerprint density at radius 2 is 2.25 bits per heavy atom. The van der Waals surface area contributed by atoms with Crippen LogP contribution in [0.3, 0.4) is 0 Å².